The van der Waals surface area contributed by atoms with Gasteiger partial charge in [0.2, 0.25) is 5.95 Å². The molecular formula is C27H38N8O2SSi. The van der Waals surface area contributed by atoms with Gasteiger partial charge in [-0.05, 0) is 40.6 Å². The van der Waals surface area contributed by atoms with Gasteiger partial charge in [-0.3, -0.25) is 4.90 Å². The highest BCUT2D eigenvalue weighted by Crippen LogP contribution is 2.27. The minimum atomic E-state index is -1.19. The number of ether oxygens (including phenoxy) is 2. The van der Waals surface area contributed by atoms with Gasteiger partial charge in [-0.15, -0.1) is 0 Å². The summed E-state index contributed by atoms with van der Waals surface area (Å²) < 4.78 is 13.3. The van der Waals surface area contributed by atoms with Gasteiger partial charge in [-0.25, -0.2) is 14.6 Å². The van der Waals surface area contributed by atoms with E-state index in [0.29, 0.717) is 19.3 Å². The number of anilines is 2. The minimum Gasteiger partial charge on any atom is -0.379 e. The Morgan fingerprint density at radius 1 is 1.10 bits per heavy atom. The number of nitrogens with zero attached hydrogens (tertiary/aromatic N) is 6. The summed E-state index contributed by atoms with van der Waals surface area (Å²) in [6.45, 7) is 14.0. The SMILES string of the molecule is C[Si](C)(C)CCOCn1nc(-c2cccc(NCc3ccsc3)n2)c2cnc(NCCN3CCOCC3)nc21. The van der Waals surface area contributed by atoms with Crippen LogP contribution < -0.4 is 10.6 Å². The van der Waals surface area contributed by atoms with Gasteiger partial charge >= 0.3 is 0 Å². The maximum Gasteiger partial charge on any atom is 0.224 e. The Bertz CT molecular complexity index is 1340. The Hall–Kier alpha value is -2.90. The lowest BCUT2D eigenvalue weighted by Gasteiger charge is -2.26. The molecule has 1 aliphatic rings. The standard InChI is InChI=1S/C27H38N8O2SSi/c1-39(2,3)16-14-37-20-35-26-22(18-30-27(32-26)28-8-9-34-10-12-36-13-11-34)25(33-35)23-5-4-6-24(31-23)29-17-21-7-15-38-19-21/h4-7,15,18-19H,8-14,16-17,20H2,1-3H3,(H,29,31)(H,28,30,32). The van der Waals surface area contributed by atoms with Gasteiger partial charge in [-0.1, -0.05) is 25.7 Å². The van der Waals surface area contributed by atoms with Crippen LogP contribution in [-0.2, 0) is 22.7 Å². The van der Waals surface area contributed by atoms with Crippen LogP contribution in [0.3, 0.4) is 0 Å². The zero-order valence-electron chi connectivity index (χ0n) is 23.0. The lowest BCUT2D eigenvalue weighted by atomic mass is 10.2. The van der Waals surface area contributed by atoms with Crippen LogP contribution in [0.5, 0.6) is 0 Å². The van der Waals surface area contributed by atoms with E-state index in [1.54, 1.807) is 11.3 Å². The highest BCUT2D eigenvalue weighted by atomic mass is 32.1. The molecule has 0 saturated carbocycles. The summed E-state index contributed by atoms with van der Waals surface area (Å²) in [6, 6.07) is 9.16. The first-order valence-corrected chi connectivity index (χ1v) is 18.2. The molecule has 4 aromatic heterocycles. The molecule has 208 valence electrons. The average molecular weight is 567 g/mol. The predicted molar refractivity (Wildman–Crippen MR) is 160 cm³/mol. The third-order valence-corrected chi connectivity index (χ3v) is 9.00. The van der Waals surface area contributed by atoms with E-state index in [2.05, 4.69) is 57.0 Å². The van der Waals surface area contributed by atoms with Crippen molar-refractivity contribution in [3.63, 3.8) is 0 Å². The normalized spacial score (nSPS) is 14.6. The maximum atomic E-state index is 6.06. The van der Waals surface area contributed by atoms with Crippen molar-refractivity contribution >= 4 is 42.2 Å². The molecule has 0 spiro atoms. The van der Waals surface area contributed by atoms with Crippen molar-refractivity contribution < 1.29 is 9.47 Å². The van der Waals surface area contributed by atoms with Crippen LogP contribution in [0.4, 0.5) is 11.8 Å². The second kappa shape index (κ2) is 13.0. The van der Waals surface area contributed by atoms with Crippen molar-refractivity contribution in [1.82, 2.24) is 29.6 Å². The number of thiophene rings is 1. The molecule has 0 amide bonds. The maximum absolute atomic E-state index is 6.06. The zero-order valence-corrected chi connectivity index (χ0v) is 24.8. The van der Waals surface area contributed by atoms with Crippen LogP contribution in [0.15, 0.2) is 41.2 Å². The summed E-state index contributed by atoms with van der Waals surface area (Å²) in [5, 5.41) is 16.8. The summed E-state index contributed by atoms with van der Waals surface area (Å²) >= 11 is 1.69. The summed E-state index contributed by atoms with van der Waals surface area (Å²) in [7, 11) is -1.19. The molecule has 1 aliphatic heterocycles. The van der Waals surface area contributed by atoms with Crippen molar-refractivity contribution in [1.29, 1.82) is 0 Å². The molecule has 39 heavy (non-hydrogen) atoms. The van der Waals surface area contributed by atoms with Crippen LogP contribution >= 0.6 is 11.3 Å². The number of hydrogen-bond donors (Lipinski definition) is 2. The summed E-state index contributed by atoms with van der Waals surface area (Å²) in [6.07, 6.45) is 1.84. The Labute approximate surface area is 234 Å². The monoisotopic (exact) mass is 566 g/mol. The number of nitrogens with one attached hydrogen (secondary N) is 2. The number of fused-ring (bicyclic) bond motifs is 1. The Morgan fingerprint density at radius 2 is 1.97 bits per heavy atom. The van der Waals surface area contributed by atoms with Gasteiger partial charge in [0, 0.05) is 53.6 Å². The molecule has 5 heterocycles. The molecule has 1 fully saturated rings. The van der Waals surface area contributed by atoms with Gasteiger partial charge < -0.3 is 20.1 Å². The Balaban J connectivity index is 1.34. The number of aromatic nitrogens is 5. The molecule has 4 aromatic rings. The molecule has 0 aromatic carbocycles. The molecule has 0 atom stereocenters. The van der Waals surface area contributed by atoms with Crippen LogP contribution in [0, 0.1) is 0 Å². The van der Waals surface area contributed by atoms with Crippen molar-refractivity contribution in [2.24, 2.45) is 0 Å². The van der Waals surface area contributed by atoms with E-state index in [1.807, 2.05) is 29.1 Å². The van der Waals surface area contributed by atoms with E-state index in [-0.39, 0.29) is 0 Å². The van der Waals surface area contributed by atoms with Gasteiger partial charge in [0.05, 0.1) is 24.3 Å². The molecular weight excluding hydrogens is 529 g/mol. The van der Waals surface area contributed by atoms with Crippen molar-refractivity contribution in [3.8, 4) is 11.4 Å². The fourth-order valence-corrected chi connectivity index (χ4v) is 5.68. The number of pyridine rings is 1. The largest absolute Gasteiger partial charge is 0.379 e. The molecule has 2 N–H and O–H groups in total. The van der Waals surface area contributed by atoms with Crippen molar-refractivity contribution in [2.75, 3.05) is 56.6 Å². The van der Waals surface area contributed by atoms with Crippen LogP contribution in [0.25, 0.3) is 22.4 Å². The molecule has 12 heteroatoms. The minimum absolute atomic E-state index is 0.335. The van der Waals surface area contributed by atoms with E-state index in [4.69, 9.17) is 24.5 Å². The third-order valence-electron chi connectivity index (χ3n) is 6.56. The highest BCUT2D eigenvalue weighted by Gasteiger charge is 2.18. The molecule has 0 aliphatic carbocycles. The summed E-state index contributed by atoms with van der Waals surface area (Å²) in [5.74, 6) is 1.39. The Kier molecular flexibility index (Phi) is 9.19. The smallest absolute Gasteiger partial charge is 0.224 e. The highest BCUT2D eigenvalue weighted by molar-refractivity contribution is 7.07. The molecule has 5 rings (SSSR count). The van der Waals surface area contributed by atoms with Gasteiger partial charge in [0.25, 0.3) is 0 Å². The fourth-order valence-electron chi connectivity index (χ4n) is 4.25. The lowest BCUT2D eigenvalue weighted by Crippen LogP contribution is -2.39. The number of morpholine rings is 1. The fraction of sp³-hybridized carbons (Fsp3) is 0.481. The van der Waals surface area contributed by atoms with E-state index in [1.165, 1.54) is 5.56 Å². The van der Waals surface area contributed by atoms with E-state index in [0.717, 1.165) is 80.2 Å². The number of rotatable bonds is 13. The first kappa shape index (κ1) is 27.7. The lowest BCUT2D eigenvalue weighted by molar-refractivity contribution is 0.0398. The second-order valence-corrected chi connectivity index (χ2v) is 17.3. The topological polar surface area (TPSA) is 102 Å². The Morgan fingerprint density at radius 3 is 2.77 bits per heavy atom. The average Bonchev–Trinajstić information content (AvgIpc) is 3.58. The second-order valence-electron chi connectivity index (χ2n) is 10.9. The van der Waals surface area contributed by atoms with Gasteiger partial charge in [0.1, 0.15) is 18.2 Å². The van der Waals surface area contributed by atoms with Crippen LogP contribution in [0.1, 0.15) is 5.56 Å². The van der Waals surface area contributed by atoms with Gasteiger partial charge in [0.15, 0.2) is 5.65 Å². The van der Waals surface area contributed by atoms with Crippen LogP contribution in [-0.4, -0.2) is 83.7 Å². The summed E-state index contributed by atoms with van der Waals surface area (Å²) in [4.78, 5) is 16.7. The third kappa shape index (κ3) is 7.82. The molecule has 0 unspecified atom stereocenters. The van der Waals surface area contributed by atoms with E-state index in [9.17, 15) is 0 Å². The van der Waals surface area contributed by atoms with Gasteiger partial charge in [-0.2, -0.15) is 21.4 Å². The quantitative estimate of drug-likeness (QED) is 0.177. The molecule has 0 radical (unpaired) electrons. The number of hydrogen-bond acceptors (Lipinski definition) is 10. The first-order valence-electron chi connectivity index (χ1n) is 13.5. The van der Waals surface area contributed by atoms with E-state index >= 15 is 0 Å². The first-order chi connectivity index (χ1) is 18.9. The summed E-state index contributed by atoms with van der Waals surface area (Å²) in [5.41, 5.74) is 3.49. The van der Waals surface area contributed by atoms with Crippen molar-refractivity contribution in [2.45, 2.75) is 39.0 Å². The van der Waals surface area contributed by atoms with E-state index < -0.39 is 8.07 Å². The predicted octanol–water partition coefficient (Wildman–Crippen LogP) is 4.62. The molecule has 0 bridgehead atoms. The zero-order chi connectivity index (χ0) is 27.1. The molecule has 1 saturated heterocycles. The van der Waals surface area contributed by atoms with Crippen molar-refractivity contribution in [3.05, 3.63) is 46.8 Å². The molecule has 10 nitrogen and oxygen atoms in total. The van der Waals surface area contributed by atoms with Crippen LogP contribution in [0.2, 0.25) is 25.7 Å².